The monoisotopic (exact) mass is 347 g/mol. The van der Waals surface area contributed by atoms with E-state index in [-0.39, 0.29) is 12.3 Å². The number of amides is 1. The molecule has 0 bridgehead atoms. The van der Waals surface area contributed by atoms with Crippen molar-refractivity contribution in [1.82, 2.24) is 9.88 Å². The van der Waals surface area contributed by atoms with Crippen molar-refractivity contribution in [2.75, 3.05) is 38.7 Å². The van der Waals surface area contributed by atoms with Gasteiger partial charge in [-0.05, 0) is 24.3 Å². The van der Waals surface area contributed by atoms with Gasteiger partial charge < -0.3 is 14.8 Å². The SMILES string of the molecule is COc1ccc(NC(=O)Cc2csc(CN3CCOCC3)n2)cc1. The van der Waals surface area contributed by atoms with Gasteiger partial charge >= 0.3 is 0 Å². The van der Waals surface area contributed by atoms with Crippen molar-refractivity contribution in [3.8, 4) is 5.75 Å². The van der Waals surface area contributed by atoms with Gasteiger partial charge in [-0.25, -0.2) is 4.98 Å². The minimum absolute atomic E-state index is 0.0663. The molecule has 2 heterocycles. The van der Waals surface area contributed by atoms with Gasteiger partial charge in [-0.2, -0.15) is 0 Å². The van der Waals surface area contributed by atoms with Crippen molar-refractivity contribution in [2.24, 2.45) is 0 Å². The Kier molecular flexibility index (Phi) is 5.79. The van der Waals surface area contributed by atoms with Gasteiger partial charge in [0, 0.05) is 24.2 Å². The van der Waals surface area contributed by atoms with Crippen LogP contribution in [0.15, 0.2) is 29.6 Å². The zero-order chi connectivity index (χ0) is 16.8. The minimum Gasteiger partial charge on any atom is -0.497 e. The molecule has 7 heteroatoms. The van der Waals surface area contributed by atoms with Gasteiger partial charge in [0.15, 0.2) is 0 Å². The highest BCUT2D eigenvalue weighted by atomic mass is 32.1. The topological polar surface area (TPSA) is 63.7 Å². The lowest BCUT2D eigenvalue weighted by Crippen LogP contribution is -2.35. The second-order valence-corrected chi connectivity index (χ2v) is 6.52. The lowest BCUT2D eigenvalue weighted by Gasteiger charge is -2.25. The molecule has 128 valence electrons. The summed E-state index contributed by atoms with van der Waals surface area (Å²) in [5, 5.41) is 5.88. The molecule has 24 heavy (non-hydrogen) atoms. The third-order valence-corrected chi connectivity index (χ3v) is 4.66. The number of morpholine rings is 1. The summed E-state index contributed by atoms with van der Waals surface area (Å²) in [6.45, 7) is 4.26. The van der Waals surface area contributed by atoms with Crippen molar-refractivity contribution in [3.05, 3.63) is 40.3 Å². The second-order valence-electron chi connectivity index (χ2n) is 5.57. The van der Waals surface area contributed by atoms with Crippen LogP contribution in [0.4, 0.5) is 5.69 Å². The van der Waals surface area contributed by atoms with Crippen molar-refractivity contribution < 1.29 is 14.3 Å². The highest BCUT2D eigenvalue weighted by Crippen LogP contribution is 2.17. The van der Waals surface area contributed by atoms with Crippen LogP contribution in [-0.2, 0) is 22.5 Å². The van der Waals surface area contributed by atoms with Crippen LogP contribution < -0.4 is 10.1 Å². The first-order chi connectivity index (χ1) is 11.7. The van der Waals surface area contributed by atoms with Crippen molar-refractivity contribution in [2.45, 2.75) is 13.0 Å². The number of anilines is 1. The molecule has 6 nitrogen and oxygen atoms in total. The molecule has 1 amide bonds. The molecule has 1 aliphatic heterocycles. The van der Waals surface area contributed by atoms with Crippen molar-refractivity contribution in [3.63, 3.8) is 0 Å². The first-order valence-electron chi connectivity index (χ1n) is 7.90. The molecule has 1 saturated heterocycles. The lowest BCUT2D eigenvalue weighted by atomic mass is 10.2. The highest BCUT2D eigenvalue weighted by molar-refractivity contribution is 7.09. The zero-order valence-electron chi connectivity index (χ0n) is 13.7. The summed E-state index contributed by atoms with van der Waals surface area (Å²) in [6.07, 6.45) is 0.283. The molecule has 1 aliphatic rings. The summed E-state index contributed by atoms with van der Waals surface area (Å²) in [5.74, 6) is 0.698. The smallest absolute Gasteiger partial charge is 0.230 e. The van der Waals surface area contributed by atoms with Crippen LogP contribution in [0.1, 0.15) is 10.7 Å². The van der Waals surface area contributed by atoms with Crippen LogP contribution in [-0.4, -0.2) is 49.2 Å². The summed E-state index contributed by atoms with van der Waals surface area (Å²) in [7, 11) is 1.62. The first kappa shape index (κ1) is 16.9. The normalized spacial score (nSPS) is 15.2. The number of rotatable bonds is 6. The van der Waals surface area contributed by atoms with Gasteiger partial charge in [0.2, 0.25) is 5.91 Å². The largest absolute Gasteiger partial charge is 0.497 e. The number of benzene rings is 1. The maximum atomic E-state index is 12.1. The molecule has 1 fully saturated rings. The van der Waals surface area contributed by atoms with Crippen molar-refractivity contribution >= 4 is 22.9 Å². The Morgan fingerprint density at radius 2 is 2.08 bits per heavy atom. The number of hydrogen-bond donors (Lipinski definition) is 1. The van der Waals surface area contributed by atoms with E-state index in [1.54, 1.807) is 18.4 Å². The lowest BCUT2D eigenvalue weighted by molar-refractivity contribution is -0.115. The van der Waals surface area contributed by atoms with Gasteiger partial charge in [-0.1, -0.05) is 0 Å². The fourth-order valence-electron chi connectivity index (χ4n) is 2.50. The predicted octanol–water partition coefficient (Wildman–Crippen LogP) is 2.17. The predicted molar refractivity (Wildman–Crippen MR) is 93.5 cm³/mol. The second kappa shape index (κ2) is 8.23. The summed E-state index contributed by atoms with van der Waals surface area (Å²) >= 11 is 1.61. The Balaban J connectivity index is 1.50. The van der Waals surface area contributed by atoms with Crippen LogP contribution in [0.25, 0.3) is 0 Å². The number of hydrogen-bond acceptors (Lipinski definition) is 6. The Labute approximate surface area is 145 Å². The number of thiazole rings is 1. The molecular weight excluding hydrogens is 326 g/mol. The molecule has 0 atom stereocenters. The van der Waals surface area contributed by atoms with Gasteiger partial charge in [-0.15, -0.1) is 11.3 Å². The Hall–Kier alpha value is -1.96. The third-order valence-electron chi connectivity index (χ3n) is 3.78. The zero-order valence-corrected chi connectivity index (χ0v) is 14.5. The van der Waals surface area contributed by atoms with Gasteiger partial charge in [-0.3, -0.25) is 9.69 Å². The molecule has 0 spiro atoms. The average Bonchev–Trinajstić information content (AvgIpc) is 3.03. The Bertz CT molecular complexity index is 666. The van der Waals surface area contributed by atoms with E-state index in [2.05, 4.69) is 15.2 Å². The number of aromatic nitrogens is 1. The van der Waals surface area contributed by atoms with Gasteiger partial charge in [0.25, 0.3) is 0 Å². The maximum Gasteiger partial charge on any atom is 0.230 e. The fraction of sp³-hybridized carbons (Fsp3) is 0.412. The van der Waals surface area contributed by atoms with E-state index in [1.165, 1.54) is 0 Å². The van der Waals surface area contributed by atoms with Gasteiger partial charge in [0.05, 0.1) is 39.0 Å². The molecule has 1 N–H and O–H groups in total. The van der Waals surface area contributed by atoms with E-state index < -0.39 is 0 Å². The number of carbonyl (C=O) groups is 1. The molecule has 3 rings (SSSR count). The molecule has 0 aliphatic carbocycles. The number of ether oxygens (including phenoxy) is 2. The Morgan fingerprint density at radius 3 is 2.79 bits per heavy atom. The number of nitrogens with zero attached hydrogens (tertiary/aromatic N) is 2. The molecule has 0 radical (unpaired) electrons. The molecule has 0 saturated carbocycles. The van der Waals surface area contributed by atoms with E-state index >= 15 is 0 Å². The number of methoxy groups -OCH3 is 1. The number of carbonyl (C=O) groups excluding carboxylic acids is 1. The van der Waals surface area contributed by atoms with Crippen molar-refractivity contribution in [1.29, 1.82) is 0 Å². The van der Waals surface area contributed by atoms with Crippen LogP contribution >= 0.6 is 11.3 Å². The molecule has 1 aromatic heterocycles. The summed E-state index contributed by atoms with van der Waals surface area (Å²) in [5.41, 5.74) is 1.57. The maximum absolute atomic E-state index is 12.1. The quantitative estimate of drug-likeness (QED) is 0.868. The standard InChI is InChI=1S/C17H21N3O3S/c1-22-15-4-2-13(3-5-15)18-16(21)10-14-12-24-17(19-14)11-20-6-8-23-9-7-20/h2-5,12H,6-11H2,1H3,(H,18,21). The average molecular weight is 347 g/mol. The van der Waals surface area contributed by atoms with E-state index in [9.17, 15) is 4.79 Å². The third kappa shape index (κ3) is 4.77. The van der Waals surface area contributed by atoms with E-state index in [0.717, 1.165) is 55.0 Å². The molecular formula is C17H21N3O3S. The van der Waals surface area contributed by atoms with Gasteiger partial charge in [0.1, 0.15) is 10.8 Å². The van der Waals surface area contributed by atoms with Crippen LogP contribution in [0.2, 0.25) is 0 Å². The first-order valence-corrected chi connectivity index (χ1v) is 8.78. The van der Waals surface area contributed by atoms with Crippen LogP contribution in [0.5, 0.6) is 5.75 Å². The van der Waals surface area contributed by atoms with Crippen LogP contribution in [0, 0.1) is 0 Å². The molecule has 0 unspecified atom stereocenters. The van der Waals surface area contributed by atoms with E-state index in [4.69, 9.17) is 9.47 Å². The Morgan fingerprint density at radius 1 is 1.33 bits per heavy atom. The van der Waals surface area contributed by atoms with Crippen LogP contribution in [0.3, 0.4) is 0 Å². The minimum atomic E-state index is -0.0663. The summed E-state index contributed by atoms with van der Waals surface area (Å²) in [4.78, 5) is 19.0. The fourth-order valence-corrected chi connectivity index (χ4v) is 3.33. The number of nitrogens with one attached hydrogen (secondary N) is 1. The molecule has 1 aromatic carbocycles. The molecule has 2 aromatic rings. The summed E-state index contributed by atoms with van der Waals surface area (Å²) < 4.78 is 10.4. The van der Waals surface area contributed by atoms with E-state index in [1.807, 2.05) is 29.6 Å². The summed E-state index contributed by atoms with van der Waals surface area (Å²) in [6, 6.07) is 7.28. The van der Waals surface area contributed by atoms with E-state index in [0.29, 0.717) is 0 Å². The highest BCUT2D eigenvalue weighted by Gasteiger charge is 2.14.